The Labute approximate surface area is 117 Å². The Bertz CT molecular complexity index is 705. The standard InChI is InChI=1S/C15H17N5/c1-20-15-7-3-2-6-12(15)14(19-20)9-13(18-16)11-5-4-8-17-10-11/h2-8,10,13,18H,9,16H2,1H3. The van der Waals surface area contributed by atoms with Gasteiger partial charge in [0.25, 0.3) is 0 Å². The second-order valence-corrected chi connectivity index (χ2v) is 4.80. The molecule has 0 aliphatic carbocycles. The van der Waals surface area contributed by atoms with E-state index >= 15 is 0 Å². The summed E-state index contributed by atoms with van der Waals surface area (Å²) < 4.78 is 1.90. The van der Waals surface area contributed by atoms with Crippen LogP contribution in [0.25, 0.3) is 10.9 Å². The quantitative estimate of drug-likeness (QED) is 0.558. The number of hydrogen-bond acceptors (Lipinski definition) is 4. The monoisotopic (exact) mass is 267 g/mol. The maximum absolute atomic E-state index is 5.69. The van der Waals surface area contributed by atoms with Crippen molar-refractivity contribution in [1.29, 1.82) is 0 Å². The van der Waals surface area contributed by atoms with E-state index in [0.29, 0.717) is 0 Å². The van der Waals surface area contributed by atoms with Crippen LogP contribution in [0, 0.1) is 0 Å². The summed E-state index contributed by atoms with van der Waals surface area (Å²) in [5.41, 5.74) is 6.08. The highest BCUT2D eigenvalue weighted by atomic mass is 15.3. The van der Waals surface area contributed by atoms with Gasteiger partial charge in [0.05, 0.1) is 17.3 Å². The van der Waals surface area contributed by atoms with Crippen molar-refractivity contribution in [3.63, 3.8) is 0 Å². The van der Waals surface area contributed by atoms with E-state index in [1.807, 2.05) is 42.2 Å². The van der Waals surface area contributed by atoms with Gasteiger partial charge < -0.3 is 0 Å². The van der Waals surface area contributed by atoms with Crippen molar-refractivity contribution in [2.75, 3.05) is 0 Å². The largest absolute Gasteiger partial charge is 0.271 e. The maximum atomic E-state index is 5.69. The molecule has 3 rings (SSSR count). The molecular weight excluding hydrogens is 250 g/mol. The van der Waals surface area contributed by atoms with Crippen molar-refractivity contribution < 1.29 is 0 Å². The van der Waals surface area contributed by atoms with Crippen LogP contribution in [-0.4, -0.2) is 14.8 Å². The van der Waals surface area contributed by atoms with Crippen molar-refractivity contribution in [2.24, 2.45) is 12.9 Å². The summed E-state index contributed by atoms with van der Waals surface area (Å²) >= 11 is 0. The second-order valence-electron chi connectivity index (χ2n) is 4.80. The Hall–Kier alpha value is -2.24. The van der Waals surface area contributed by atoms with Gasteiger partial charge in [-0.2, -0.15) is 5.10 Å². The minimum absolute atomic E-state index is 0.00186. The number of hydrogen-bond donors (Lipinski definition) is 2. The summed E-state index contributed by atoms with van der Waals surface area (Å²) in [6.45, 7) is 0. The SMILES string of the molecule is Cn1nc(CC(NN)c2cccnc2)c2ccccc21. The third kappa shape index (κ3) is 2.29. The van der Waals surface area contributed by atoms with Crippen LogP contribution in [0.3, 0.4) is 0 Å². The lowest BCUT2D eigenvalue weighted by Gasteiger charge is -2.14. The zero-order valence-corrected chi connectivity index (χ0v) is 11.3. The van der Waals surface area contributed by atoms with E-state index in [9.17, 15) is 0 Å². The zero-order chi connectivity index (χ0) is 13.9. The molecule has 0 amide bonds. The average molecular weight is 267 g/mol. The average Bonchev–Trinajstić information content (AvgIpc) is 2.82. The number of nitrogens with zero attached hydrogens (tertiary/aromatic N) is 3. The number of nitrogens with one attached hydrogen (secondary N) is 1. The zero-order valence-electron chi connectivity index (χ0n) is 11.3. The fourth-order valence-electron chi connectivity index (χ4n) is 2.49. The van der Waals surface area contributed by atoms with E-state index in [1.165, 1.54) is 5.39 Å². The first-order valence-electron chi connectivity index (χ1n) is 6.56. The first-order chi connectivity index (χ1) is 9.79. The molecule has 5 heteroatoms. The van der Waals surface area contributed by atoms with Crippen LogP contribution < -0.4 is 11.3 Å². The van der Waals surface area contributed by atoms with Crippen LogP contribution >= 0.6 is 0 Å². The van der Waals surface area contributed by atoms with Gasteiger partial charge in [-0.3, -0.25) is 20.9 Å². The summed E-state index contributed by atoms with van der Waals surface area (Å²) in [5, 5.41) is 5.77. The number of rotatable bonds is 4. The fraction of sp³-hybridized carbons (Fsp3) is 0.200. The highest BCUT2D eigenvalue weighted by Crippen LogP contribution is 2.23. The van der Waals surface area contributed by atoms with E-state index in [2.05, 4.69) is 27.6 Å². The fourth-order valence-corrected chi connectivity index (χ4v) is 2.49. The van der Waals surface area contributed by atoms with E-state index < -0.39 is 0 Å². The summed E-state index contributed by atoms with van der Waals surface area (Å²) in [4.78, 5) is 4.14. The summed E-state index contributed by atoms with van der Waals surface area (Å²) in [7, 11) is 1.96. The third-order valence-corrected chi connectivity index (χ3v) is 3.52. The highest BCUT2D eigenvalue weighted by molar-refractivity contribution is 5.81. The Morgan fingerprint density at radius 3 is 2.85 bits per heavy atom. The van der Waals surface area contributed by atoms with Crippen molar-refractivity contribution in [3.8, 4) is 0 Å². The summed E-state index contributed by atoms with van der Waals surface area (Å²) in [5.74, 6) is 5.69. The van der Waals surface area contributed by atoms with Gasteiger partial charge in [-0.1, -0.05) is 24.3 Å². The van der Waals surface area contributed by atoms with Crippen molar-refractivity contribution >= 4 is 10.9 Å². The minimum atomic E-state index is 0.00186. The summed E-state index contributed by atoms with van der Waals surface area (Å²) in [6.07, 6.45) is 4.31. The number of fused-ring (bicyclic) bond motifs is 1. The molecule has 0 radical (unpaired) electrons. The molecule has 0 aliphatic rings. The molecule has 3 aromatic rings. The van der Waals surface area contributed by atoms with Gasteiger partial charge in [0.2, 0.25) is 0 Å². The second kappa shape index (κ2) is 5.40. The first-order valence-corrected chi connectivity index (χ1v) is 6.56. The molecule has 20 heavy (non-hydrogen) atoms. The molecule has 3 N–H and O–H groups in total. The molecule has 1 atom stereocenters. The Morgan fingerprint density at radius 1 is 1.25 bits per heavy atom. The molecule has 1 aromatic carbocycles. The van der Waals surface area contributed by atoms with Crippen molar-refractivity contribution in [3.05, 3.63) is 60.0 Å². The van der Waals surface area contributed by atoms with Gasteiger partial charge in [0.15, 0.2) is 0 Å². The van der Waals surface area contributed by atoms with Gasteiger partial charge in [-0.25, -0.2) is 0 Å². The molecule has 5 nitrogen and oxygen atoms in total. The third-order valence-electron chi connectivity index (χ3n) is 3.52. The van der Waals surface area contributed by atoms with Gasteiger partial charge in [-0.05, 0) is 17.7 Å². The molecule has 0 fully saturated rings. The molecule has 0 saturated carbocycles. The predicted molar refractivity (Wildman–Crippen MR) is 78.7 cm³/mol. The minimum Gasteiger partial charge on any atom is -0.271 e. The molecule has 102 valence electrons. The Balaban J connectivity index is 1.96. The van der Waals surface area contributed by atoms with Crippen LogP contribution in [0.2, 0.25) is 0 Å². The van der Waals surface area contributed by atoms with Crippen LogP contribution in [-0.2, 0) is 13.5 Å². The summed E-state index contributed by atoms with van der Waals surface area (Å²) in [6, 6.07) is 12.1. The number of pyridine rings is 1. The number of hydrazine groups is 1. The van der Waals surface area contributed by atoms with Gasteiger partial charge in [-0.15, -0.1) is 0 Å². The number of benzene rings is 1. The molecular formula is C15H17N5. The molecule has 0 aliphatic heterocycles. The van der Waals surface area contributed by atoms with Gasteiger partial charge in [0.1, 0.15) is 0 Å². The van der Waals surface area contributed by atoms with Crippen LogP contribution in [0.5, 0.6) is 0 Å². The van der Waals surface area contributed by atoms with Crippen molar-refractivity contribution in [2.45, 2.75) is 12.5 Å². The van der Waals surface area contributed by atoms with E-state index in [-0.39, 0.29) is 6.04 Å². The van der Waals surface area contributed by atoms with Gasteiger partial charge >= 0.3 is 0 Å². The van der Waals surface area contributed by atoms with Crippen LogP contribution in [0.15, 0.2) is 48.8 Å². The first kappa shape index (κ1) is 12.8. The van der Waals surface area contributed by atoms with Crippen LogP contribution in [0.1, 0.15) is 17.3 Å². The van der Waals surface area contributed by atoms with Crippen LogP contribution in [0.4, 0.5) is 0 Å². The number of nitrogens with two attached hydrogens (primary N) is 1. The Morgan fingerprint density at radius 2 is 2.10 bits per heavy atom. The molecule has 0 saturated heterocycles. The Kier molecular flexibility index (Phi) is 3.45. The predicted octanol–water partition coefficient (Wildman–Crippen LogP) is 1.72. The highest BCUT2D eigenvalue weighted by Gasteiger charge is 2.15. The molecule has 1 unspecified atom stereocenters. The van der Waals surface area contributed by atoms with E-state index in [0.717, 1.165) is 23.2 Å². The number of aromatic nitrogens is 3. The lowest BCUT2D eigenvalue weighted by molar-refractivity contribution is 0.541. The van der Waals surface area contributed by atoms with E-state index in [1.54, 1.807) is 6.20 Å². The smallest absolute Gasteiger partial charge is 0.0722 e. The number of para-hydroxylation sites is 1. The normalized spacial score (nSPS) is 12.7. The van der Waals surface area contributed by atoms with E-state index in [4.69, 9.17) is 5.84 Å². The molecule has 0 spiro atoms. The van der Waals surface area contributed by atoms with Gasteiger partial charge in [0, 0.05) is 31.2 Å². The lowest BCUT2D eigenvalue weighted by Crippen LogP contribution is -2.29. The maximum Gasteiger partial charge on any atom is 0.0722 e. The molecule has 0 bridgehead atoms. The molecule has 2 aromatic heterocycles. The topological polar surface area (TPSA) is 68.8 Å². The number of aryl methyl sites for hydroxylation is 1. The molecule has 2 heterocycles. The van der Waals surface area contributed by atoms with Crippen molar-refractivity contribution in [1.82, 2.24) is 20.2 Å². The lowest BCUT2D eigenvalue weighted by atomic mass is 10.0.